The molecule has 0 aliphatic carbocycles. The van der Waals surface area contributed by atoms with Crippen molar-refractivity contribution in [2.45, 2.75) is 0 Å². The summed E-state index contributed by atoms with van der Waals surface area (Å²) in [5, 5.41) is 12.0. The fourth-order valence-corrected chi connectivity index (χ4v) is 9.64. The Morgan fingerprint density at radius 1 is 0.274 bits per heavy atom. The lowest BCUT2D eigenvalue weighted by Crippen LogP contribution is -2.00. The molecule has 10 aromatic carbocycles. The highest BCUT2D eigenvalue weighted by Crippen LogP contribution is 2.42. The number of benzene rings is 10. The summed E-state index contributed by atoms with van der Waals surface area (Å²) < 4.78 is 4.91. The zero-order chi connectivity index (χ0) is 40.7. The quantitative estimate of drug-likeness (QED) is 0.174. The van der Waals surface area contributed by atoms with Crippen molar-refractivity contribution in [3.05, 3.63) is 212 Å². The van der Waals surface area contributed by atoms with Crippen LogP contribution in [-0.2, 0) is 0 Å². The standard InChI is InChI=1S/C57H35N5/c1-3-16-37(17-4-1)55-58-56(38-18-5-2-6-19-38)60-57(59-55)46-26-13-23-41-31-42(29-30-43(41)46)61-51-27-12-11-25-45(51)48-34-49-47-32-39-20-7-8-21-40(39)33-52(47)62(54(49)35-53(48)61)50-28-14-22-36-15-9-10-24-44(36)50/h1-35H. The number of aromatic nitrogens is 5. The average Bonchev–Trinajstić information content (AvgIpc) is 3.83. The summed E-state index contributed by atoms with van der Waals surface area (Å²) >= 11 is 0. The number of fused-ring (bicyclic) bond motifs is 9. The van der Waals surface area contributed by atoms with Gasteiger partial charge < -0.3 is 9.13 Å². The summed E-state index contributed by atoms with van der Waals surface area (Å²) in [6.07, 6.45) is 0. The normalized spacial score (nSPS) is 11.9. The van der Waals surface area contributed by atoms with Gasteiger partial charge in [0.05, 0.1) is 27.8 Å². The first-order chi connectivity index (χ1) is 30.7. The monoisotopic (exact) mass is 789 g/mol. The van der Waals surface area contributed by atoms with E-state index in [2.05, 4.69) is 161 Å². The number of hydrogen-bond donors (Lipinski definition) is 0. The molecule has 0 aliphatic rings. The second-order valence-electron chi connectivity index (χ2n) is 16.0. The van der Waals surface area contributed by atoms with Gasteiger partial charge in [-0.3, -0.25) is 0 Å². The van der Waals surface area contributed by atoms with Crippen molar-refractivity contribution < 1.29 is 0 Å². The Kier molecular flexibility index (Phi) is 7.54. The Balaban J connectivity index is 1.05. The van der Waals surface area contributed by atoms with Gasteiger partial charge in [0.25, 0.3) is 0 Å². The van der Waals surface area contributed by atoms with Crippen LogP contribution < -0.4 is 0 Å². The molecule has 3 heterocycles. The summed E-state index contributed by atoms with van der Waals surface area (Å²) in [5.41, 5.74) is 9.79. The van der Waals surface area contributed by atoms with Crippen molar-refractivity contribution >= 4 is 75.9 Å². The van der Waals surface area contributed by atoms with E-state index in [0.717, 1.165) is 44.2 Å². The Bertz CT molecular complexity index is 3860. The van der Waals surface area contributed by atoms with E-state index in [1.807, 2.05) is 60.7 Å². The molecule has 5 heteroatoms. The number of hydrogen-bond acceptors (Lipinski definition) is 3. The number of para-hydroxylation sites is 1. The second kappa shape index (κ2) is 13.6. The fraction of sp³-hybridized carbons (Fsp3) is 0. The van der Waals surface area contributed by atoms with E-state index >= 15 is 0 Å². The van der Waals surface area contributed by atoms with Crippen LogP contribution in [0.3, 0.4) is 0 Å². The molecule has 0 bridgehead atoms. The molecule has 0 radical (unpaired) electrons. The van der Waals surface area contributed by atoms with Crippen molar-refractivity contribution in [2.24, 2.45) is 0 Å². The molecule has 0 saturated carbocycles. The molecule has 0 atom stereocenters. The maximum absolute atomic E-state index is 5.09. The molecule has 5 nitrogen and oxygen atoms in total. The summed E-state index contributed by atoms with van der Waals surface area (Å²) in [4.78, 5) is 15.1. The first kappa shape index (κ1) is 34.5. The third kappa shape index (κ3) is 5.32. The molecular weight excluding hydrogens is 755 g/mol. The molecule has 0 saturated heterocycles. The van der Waals surface area contributed by atoms with Crippen LogP contribution in [0.25, 0.3) is 121 Å². The predicted molar refractivity (Wildman–Crippen MR) is 257 cm³/mol. The highest BCUT2D eigenvalue weighted by Gasteiger charge is 2.21. The minimum Gasteiger partial charge on any atom is -0.309 e. The third-order valence-corrected chi connectivity index (χ3v) is 12.5. The molecule has 0 unspecified atom stereocenters. The van der Waals surface area contributed by atoms with Gasteiger partial charge in [0, 0.05) is 49.3 Å². The van der Waals surface area contributed by atoms with Crippen LogP contribution in [0, 0.1) is 0 Å². The minimum atomic E-state index is 0.643. The maximum atomic E-state index is 5.09. The minimum absolute atomic E-state index is 0.643. The Morgan fingerprint density at radius 3 is 1.60 bits per heavy atom. The van der Waals surface area contributed by atoms with Crippen LogP contribution >= 0.6 is 0 Å². The van der Waals surface area contributed by atoms with Crippen LogP contribution in [0.4, 0.5) is 0 Å². The summed E-state index contributed by atoms with van der Waals surface area (Å²) in [6, 6.07) is 75.9. The van der Waals surface area contributed by atoms with E-state index in [1.165, 1.54) is 59.8 Å². The van der Waals surface area contributed by atoms with E-state index in [-0.39, 0.29) is 0 Å². The maximum Gasteiger partial charge on any atom is 0.164 e. The van der Waals surface area contributed by atoms with Gasteiger partial charge >= 0.3 is 0 Å². The lowest BCUT2D eigenvalue weighted by atomic mass is 10.0. The van der Waals surface area contributed by atoms with Crippen LogP contribution in [-0.4, -0.2) is 24.1 Å². The third-order valence-electron chi connectivity index (χ3n) is 12.5. The molecule has 0 N–H and O–H groups in total. The molecule has 288 valence electrons. The molecule has 0 fully saturated rings. The summed E-state index contributed by atoms with van der Waals surface area (Å²) in [7, 11) is 0. The fourth-order valence-electron chi connectivity index (χ4n) is 9.64. The van der Waals surface area contributed by atoms with Crippen LogP contribution in [0.2, 0.25) is 0 Å². The van der Waals surface area contributed by atoms with E-state index in [4.69, 9.17) is 15.0 Å². The molecule has 0 spiro atoms. The van der Waals surface area contributed by atoms with Gasteiger partial charge in [0.1, 0.15) is 0 Å². The SMILES string of the molecule is c1ccc(-c2nc(-c3ccccc3)nc(-c3cccc4cc(-n5c6ccccc6c6cc7c8cc9ccccc9cc8n(-c8cccc9ccccc89)c7cc65)ccc34)n2)cc1. The van der Waals surface area contributed by atoms with Gasteiger partial charge in [-0.05, 0) is 75.5 Å². The largest absolute Gasteiger partial charge is 0.309 e. The Hall–Kier alpha value is -8.41. The zero-order valence-corrected chi connectivity index (χ0v) is 33.4. The van der Waals surface area contributed by atoms with Gasteiger partial charge in [0.15, 0.2) is 17.5 Å². The highest BCUT2D eigenvalue weighted by molar-refractivity contribution is 6.21. The zero-order valence-electron chi connectivity index (χ0n) is 33.4. The summed E-state index contributed by atoms with van der Waals surface area (Å²) in [5.74, 6) is 1.94. The molecule has 0 amide bonds. The van der Waals surface area contributed by atoms with E-state index < -0.39 is 0 Å². The van der Waals surface area contributed by atoms with Crippen LogP contribution in [0.1, 0.15) is 0 Å². The van der Waals surface area contributed by atoms with Gasteiger partial charge in [0.2, 0.25) is 0 Å². The van der Waals surface area contributed by atoms with E-state index in [0.29, 0.717) is 17.5 Å². The molecule has 0 aliphatic heterocycles. The average molecular weight is 790 g/mol. The smallest absolute Gasteiger partial charge is 0.164 e. The molecule has 62 heavy (non-hydrogen) atoms. The first-order valence-electron chi connectivity index (χ1n) is 21.0. The van der Waals surface area contributed by atoms with Crippen molar-refractivity contribution in [1.29, 1.82) is 0 Å². The van der Waals surface area contributed by atoms with Gasteiger partial charge in [-0.2, -0.15) is 0 Å². The summed E-state index contributed by atoms with van der Waals surface area (Å²) in [6.45, 7) is 0. The van der Waals surface area contributed by atoms with Gasteiger partial charge in [-0.1, -0.05) is 164 Å². The van der Waals surface area contributed by atoms with Crippen molar-refractivity contribution in [3.63, 3.8) is 0 Å². The first-order valence-corrected chi connectivity index (χ1v) is 21.0. The lowest BCUT2D eigenvalue weighted by molar-refractivity contribution is 1.08. The van der Waals surface area contributed by atoms with Crippen LogP contribution in [0.15, 0.2) is 212 Å². The van der Waals surface area contributed by atoms with Crippen molar-refractivity contribution in [2.75, 3.05) is 0 Å². The van der Waals surface area contributed by atoms with Gasteiger partial charge in [-0.25, -0.2) is 15.0 Å². The molecule has 3 aromatic heterocycles. The highest BCUT2D eigenvalue weighted by atomic mass is 15.0. The van der Waals surface area contributed by atoms with Gasteiger partial charge in [-0.15, -0.1) is 0 Å². The van der Waals surface area contributed by atoms with E-state index in [9.17, 15) is 0 Å². The Labute approximate surface area is 356 Å². The topological polar surface area (TPSA) is 48.5 Å². The molecular formula is C57H35N5. The second-order valence-corrected chi connectivity index (χ2v) is 16.0. The number of rotatable bonds is 5. The van der Waals surface area contributed by atoms with Crippen molar-refractivity contribution in [1.82, 2.24) is 24.1 Å². The molecule has 13 rings (SSSR count). The lowest BCUT2D eigenvalue weighted by Gasteiger charge is -2.14. The van der Waals surface area contributed by atoms with Crippen molar-refractivity contribution in [3.8, 4) is 45.5 Å². The van der Waals surface area contributed by atoms with Crippen LogP contribution in [0.5, 0.6) is 0 Å². The Morgan fingerprint density at radius 2 is 0.823 bits per heavy atom. The number of nitrogens with zero attached hydrogens (tertiary/aromatic N) is 5. The van der Waals surface area contributed by atoms with E-state index in [1.54, 1.807) is 0 Å². The molecule has 13 aromatic rings. The predicted octanol–water partition coefficient (Wildman–Crippen LogP) is 14.5.